The summed E-state index contributed by atoms with van der Waals surface area (Å²) < 4.78 is 6.23. The third-order valence-electron chi connectivity index (χ3n) is 27.7. The smallest absolute Gasteiger partial charge is 0.151 e. The molecule has 0 fully saturated rings. The second-order valence-electron chi connectivity index (χ2n) is 37.5. The van der Waals surface area contributed by atoms with Gasteiger partial charge in [-0.15, -0.1) is 0 Å². The Hall–Kier alpha value is -12.5. The lowest BCUT2D eigenvalue weighted by atomic mass is 9.61. The van der Waals surface area contributed by atoms with Crippen LogP contribution in [0, 0.1) is 69.2 Å². The summed E-state index contributed by atoms with van der Waals surface area (Å²) in [7, 11) is 0. The average molecular weight is 1620 g/mol. The number of anilines is 9. The number of hydrogen-bond donors (Lipinski definition) is 0. The van der Waals surface area contributed by atoms with Gasteiger partial charge in [0.2, 0.25) is 0 Å². The van der Waals surface area contributed by atoms with Crippen LogP contribution in [0.5, 0.6) is 11.5 Å². The van der Waals surface area contributed by atoms with Crippen molar-refractivity contribution in [3.8, 4) is 33.8 Å². The zero-order valence-corrected chi connectivity index (χ0v) is 76.0. The molecule has 0 saturated heterocycles. The van der Waals surface area contributed by atoms with Crippen molar-refractivity contribution in [1.82, 2.24) is 0 Å². The molecule has 20 rings (SSSR count). The van der Waals surface area contributed by atoms with Crippen LogP contribution in [0.3, 0.4) is 0 Å². The van der Waals surface area contributed by atoms with Crippen LogP contribution in [0.15, 0.2) is 303 Å². The maximum atomic E-state index is 6.23. The predicted molar refractivity (Wildman–Crippen MR) is 526 cm³/mol. The highest BCUT2D eigenvalue weighted by Gasteiger charge is 2.52. The normalized spacial score (nSPS) is 14.4. The van der Waals surface area contributed by atoms with Crippen LogP contribution in [0.2, 0.25) is 0 Å². The van der Waals surface area contributed by atoms with Crippen molar-refractivity contribution in [2.24, 2.45) is 0 Å². The molecule has 15 aromatic rings. The fourth-order valence-corrected chi connectivity index (χ4v) is 20.8. The minimum Gasteiger partial charge on any atom is -0.453 e. The van der Waals surface area contributed by atoms with Gasteiger partial charge in [-0.3, -0.25) is 0 Å². The molecular weight excluding hydrogens is 1500 g/mol. The second kappa shape index (κ2) is 33.0. The Morgan fingerprint density at radius 1 is 0.218 bits per heavy atom. The topological polar surface area (TPSA) is 19.0 Å². The highest BCUT2D eigenvalue weighted by atomic mass is 16.5. The average Bonchev–Trinajstić information content (AvgIpc) is 1.35. The van der Waals surface area contributed by atoms with Gasteiger partial charge in [0.15, 0.2) is 11.5 Å². The lowest BCUT2D eigenvalue weighted by molar-refractivity contribution is 0.476. The van der Waals surface area contributed by atoms with Crippen molar-refractivity contribution in [3.63, 3.8) is 0 Å². The van der Waals surface area contributed by atoms with E-state index in [1.54, 1.807) is 0 Å². The van der Waals surface area contributed by atoms with Crippen molar-refractivity contribution in [1.29, 1.82) is 0 Å². The lowest BCUT2D eigenvalue weighted by Gasteiger charge is -2.47. The predicted octanol–water partition coefficient (Wildman–Crippen LogP) is 32.7. The van der Waals surface area contributed by atoms with E-state index in [2.05, 4.69) is 436 Å². The molecule has 124 heavy (non-hydrogen) atoms. The van der Waals surface area contributed by atoms with E-state index in [1.807, 2.05) is 0 Å². The van der Waals surface area contributed by atoms with Crippen LogP contribution in [-0.4, -0.2) is 0 Å². The Labute approximate surface area is 739 Å². The van der Waals surface area contributed by atoms with E-state index in [9.17, 15) is 0 Å². The number of fused-ring (bicyclic) bond motifs is 12. The zero-order valence-electron chi connectivity index (χ0n) is 76.0. The first-order valence-electron chi connectivity index (χ1n) is 45.6. The van der Waals surface area contributed by atoms with Crippen molar-refractivity contribution in [2.45, 2.75) is 197 Å². The van der Waals surface area contributed by atoms with E-state index in [4.69, 9.17) is 4.74 Å². The van der Waals surface area contributed by atoms with Crippen molar-refractivity contribution < 1.29 is 4.74 Å². The first kappa shape index (κ1) is 82.5. The summed E-state index contributed by atoms with van der Waals surface area (Å²) in [5.74, 6) is 1.83. The molecule has 0 saturated carbocycles. The summed E-state index contributed by atoms with van der Waals surface area (Å²) in [6, 6.07) is 117. The Morgan fingerprint density at radius 3 is 0.758 bits per heavy atom. The fraction of sp³-hybridized carbons (Fsp3) is 0.250. The summed E-state index contributed by atoms with van der Waals surface area (Å²) in [6.07, 6.45) is 10.5. The van der Waals surface area contributed by atoms with Gasteiger partial charge in [-0.2, -0.15) is 0 Å². The number of rotatable bonds is 16. The molecule has 3 aliphatic heterocycles. The molecule has 0 unspecified atom stereocenters. The van der Waals surface area contributed by atoms with Crippen molar-refractivity contribution >= 4 is 51.2 Å². The van der Waals surface area contributed by atoms with Gasteiger partial charge >= 0.3 is 0 Å². The molecule has 0 radical (unpaired) electrons. The number of benzene rings is 15. The quantitative estimate of drug-likeness (QED) is 0.0960. The summed E-state index contributed by atoms with van der Waals surface area (Å²) in [5, 5.41) is 0. The fourth-order valence-electron chi connectivity index (χ4n) is 20.8. The molecule has 0 aromatic heterocycles. The number of nitrogens with zero attached hydrogens (tertiary/aromatic N) is 3. The van der Waals surface area contributed by atoms with E-state index < -0.39 is 10.8 Å². The molecule has 0 spiro atoms. The largest absolute Gasteiger partial charge is 0.453 e. The van der Waals surface area contributed by atoms with Crippen LogP contribution < -0.4 is 19.4 Å². The molecule has 5 aliphatic rings. The Bertz CT molecular complexity index is 6080. The van der Waals surface area contributed by atoms with Gasteiger partial charge < -0.3 is 19.4 Å². The summed E-state index contributed by atoms with van der Waals surface area (Å²) in [5.41, 5.74) is 47.1. The molecule has 620 valence electrons. The molecule has 0 amide bonds. The highest BCUT2D eigenvalue weighted by Crippen LogP contribution is 2.66. The maximum Gasteiger partial charge on any atom is 0.151 e. The van der Waals surface area contributed by atoms with Gasteiger partial charge in [-0.1, -0.05) is 318 Å². The van der Waals surface area contributed by atoms with Gasteiger partial charge in [-0.05, 0) is 322 Å². The summed E-state index contributed by atoms with van der Waals surface area (Å²) in [4.78, 5) is 7.50. The van der Waals surface area contributed by atoms with E-state index >= 15 is 0 Å². The number of ether oxygens (including phenoxy) is 1. The monoisotopic (exact) mass is 1620 g/mol. The third kappa shape index (κ3) is 14.4. The minimum atomic E-state index is -0.671. The first-order valence-corrected chi connectivity index (χ1v) is 45.6. The molecule has 15 aromatic carbocycles. The molecule has 0 atom stereocenters. The molecule has 4 nitrogen and oxygen atoms in total. The van der Waals surface area contributed by atoms with Gasteiger partial charge in [-0.25, -0.2) is 0 Å². The van der Waals surface area contributed by atoms with E-state index in [1.165, 1.54) is 240 Å². The third-order valence-corrected chi connectivity index (χ3v) is 27.7. The first-order chi connectivity index (χ1) is 59.9. The van der Waals surface area contributed by atoms with E-state index in [0.717, 1.165) is 42.1 Å². The van der Waals surface area contributed by atoms with Crippen LogP contribution >= 0.6 is 0 Å². The number of aryl methyl sites for hydroxylation is 13. The Kier molecular flexibility index (Phi) is 21.9. The molecule has 0 bridgehead atoms. The van der Waals surface area contributed by atoms with E-state index in [-0.39, 0.29) is 10.8 Å². The summed E-state index contributed by atoms with van der Waals surface area (Å²) in [6.45, 7) is 38.4. The SMILES string of the molecule is CCCCc1ccc(N2c3ccc(C)cc3C(c3ccc(C)cc3)(c3ccc(C)cc3)c3cc4c(cc32)C(C)(C)c2cc3c(cc2-4)C(c2ccc(C)cc2)(c2ccc(C)cc2)c2cc(C)ccc2N3c2ccc(CCCC)cc2)cc1.CCCCc1ccc(N2c3ccc(C)cc3Oc3cc(C)ccc32)cc1.Cc1ccc2c(c1)C(C)(C)c1cc(C)ccc1-2. The second-order valence-corrected chi connectivity index (χ2v) is 37.5. The zero-order chi connectivity index (χ0) is 86.3. The number of hydrogen-bond acceptors (Lipinski definition) is 4. The lowest BCUT2D eigenvalue weighted by Crippen LogP contribution is -2.38. The molecule has 0 N–H and O–H groups in total. The van der Waals surface area contributed by atoms with Gasteiger partial charge in [0.1, 0.15) is 0 Å². The number of unbranched alkanes of at least 4 members (excludes halogenated alkanes) is 3. The molecule has 2 aliphatic carbocycles. The Balaban J connectivity index is 0.000000196. The maximum absolute atomic E-state index is 6.23. The molecular formula is C120H119N3O. The Morgan fingerprint density at radius 2 is 0.460 bits per heavy atom. The van der Waals surface area contributed by atoms with Crippen LogP contribution in [0.25, 0.3) is 22.3 Å². The van der Waals surface area contributed by atoms with Crippen molar-refractivity contribution in [3.05, 3.63) is 442 Å². The summed E-state index contributed by atoms with van der Waals surface area (Å²) >= 11 is 0. The van der Waals surface area contributed by atoms with Gasteiger partial charge in [0.25, 0.3) is 0 Å². The van der Waals surface area contributed by atoms with E-state index in [0.29, 0.717) is 0 Å². The molecule has 3 heterocycles. The van der Waals surface area contributed by atoms with Crippen LogP contribution in [-0.2, 0) is 40.9 Å². The van der Waals surface area contributed by atoms with Crippen LogP contribution in [0.4, 0.5) is 51.2 Å². The highest BCUT2D eigenvalue weighted by molar-refractivity contribution is 5.98. The standard InChI is InChI=1S/C79H76N2.C24H25NO.C17H18/c1-11-13-15-57-27-39-63(40-28-57)80-73-43-25-55(7)45-69(73)78(59-31-17-51(3)18-32-59,60-33-19-52(4)20-34-60)71-47-65-66-48-72-76(50-68(66)77(9,10)67(65)49-75(71)80)81(64-41-29-58(30-42-64)16-14-12-2)74-44-26-56(8)46-70(74)79(72,61-35-21-53(5)22-36-61)62-37-23-54(6)24-38-62;1-4-5-6-19-9-11-20(12-10-19)25-21-13-7-17(2)15-23(21)26-24-16-18(3)8-14-22(24)25;1-11-5-7-13-14-8-6-12(2)10-16(14)17(3,4)15(13)9-11/h17-50H,11-16H2,1-10H3;7-16H,4-6H2,1-3H3;5-10H,1-4H3. The van der Waals surface area contributed by atoms with Gasteiger partial charge in [0.05, 0.1) is 45.0 Å². The minimum absolute atomic E-state index is 0.142. The van der Waals surface area contributed by atoms with Gasteiger partial charge in [0, 0.05) is 27.9 Å². The van der Waals surface area contributed by atoms with Crippen LogP contribution in [0.1, 0.15) is 226 Å². The van der Waals surface area contributed by atoms with Crippen molar-refractivity contribution in [2.75, 3.05) is 14.7 Å². The molecule has 4 heteroatoms.